The van der Waals surface area contributed by atoms with E-state index < -0.39 is 5.97 Å². The van der Waals surface area contributed by atoms with Gasteiger partial charge in [-0.1, -0.05) is 0 Å². The third kappa shape index (κ3) is 5.59. The highest BCUT2D eigenvalue weighted by Crippen LogP contribution is 2.15. The first-order valence-corrected chi connectivity index (χ1v) is 7.37. The summed E-state index contributed by atoms with van der Waals surface area (Å²) in [5, 5.41) is 6.37. The molecule has 0 aliphatic carbocycles. The number of hydrogen-bond donors (Lipinski definition) is 2. The molecule has 2 aromatic heterocycles. The number of guanidine groups is 1. The minimum Gasteiger partial charge on any atom is -0.465 e. The lowest BCUT2D eigenvalue weighted by Gasteiger charge is -2.11. The van der Waals surface area contributed by atoms with E-state index in [1.807, 2.05) is 24.5 Å². The van der Waals surface area contributed by atoms with Gasteiger partial charge in [0.1, 0.15) is 17.1 Å². The summed E-state index contributed by atoms with van der Waals surface area (Å²) in [6.07, 6.45) is 4.02. The maximum absolute atomic E-state index is 11.6. The number of hydrogen-bond acceptors (Lipinski definition) is 4. The number of aliphatic imine (C=N–C) groups is 1. The molecule has 0 bridgehead atoms. The summed E-state index contributed by atoms with van der Waals surface area (Å²) >= 11 is 0. The molecule has 0 saturated carbocycles. The largest absolute Gasteiger partial charge is 0.465 e. The summed E-state index contributed by atoms with van der Waals surface area (Å²) in [6, 6.07) is 5.66. The smallest absolute Gasteiger partial charge is 0.341 e. The van der Waals surface area contributed by atoms with Crippen molar-refractivity contribution < 1.29 is 13.9 Å². The molecule has 0 saturated heterocycles. The van der Waals surface area contributed by atoms with Crippen molar-refractivity contribution in [3.8, 4) is 0 Å². The van der Waals surface area contributed by atoms with Gasteiger partial charge in [-0.3, -0.25) is 4.99 Å². The predicted molar refractivity (Wildman–Crippen MR) is 103 cm³/mol. The average molecular weight is 446 g/mol. The van der Waals surface area contributed by atoms with Crippen LogP contribution in [0.5, 0.6) is 0 Å². The van der Waals surface area contributed by atoms with E-state index in [2.05, 4.69) is 20.2 Å². The standard InChI is InChI=1S/C16H22N4O3.HI/c1-12-14(15(21)22-3)10-13(23-12)11-19-16(17-2)18-6-9-20-7-4-5-8-20;/h4-5,7-8,10H,6,9,11H2,1-3H3,(H2,17,18,19);1H. The van der Waals surface area contributed by atoms with Gasteiger partial charge in [0.25, 0.3) is 0 Å². The molecule has 0 radical (unpaired) electrons. The van der Waals surface area contributed by atoms with Crippen molar-refractivity contribution in [2.24, 2.45) is 4.99 Å². The zero-order valence-electron chi connectivity index (χ0n) is 14.0. The molecule has 0 aliphatic heterocycles. The zero-order chi connectivity index (χ0) is 16.7. The van der Waals surface area contributed by atoms with E-state index in [4.69, 9.17) is 9.15 Å². The van der Waals surface area contributed by atoms with Crippen LogP contribution >= 0.6 is 24.0 Å². The summed E-state index contributed by atoms with van der Waals surface area (Å²) in [6.45, 7) is 3.76. The molecule has 0 aromatic carbocycles. The topological polar surface area (TPSA) is 80.8 Å². The van der Waals surface area contributed by atoms with Gasteiger partial charge in [0, 0.05) is 32.5 Å². The number of methoxy groups -OCH3 is 1. The van der Waals surface area contributed by atoms with Crippen LogP contribution in [0.4, 0.5) is 0 Å². The van der Waals surface area contributed by atoms with E-state index in [1.54, 1.807) is 20.0 Å². The van der Waals surface area contributed by atoms with Crippen molar-refractivity contribution in [1.29, 1.82) is 0 Å². The van der Waals surface area contributed by atoms with Crippen LogP contribution in [0.15, 0.2) is 40.0 Å². The Morgan fingerprint density at radius 3 is 2.67 bits per heavy atom. The molecular weight excluding hydrogens is 423 g/mol. The number of aromatic nitrogens is 1. The summed E-state index contributed by atoms with van der Waals surface area (Å²) in [5.74, 6) is 1.47. The summed E-state index contributed by atoms with van der Waals surface area (Å²) < 4.78 is 12.3. The Balaban J connectivity index is 0.00000288. The minimum absolute atomic E-state index is 0. The lowest BCUT2D eigenvalue weighted by molar-refractivity contribution is 0.0599. The maximum atomic E-state index is 11.6. The molecule has 8 heteroatoms. The first-order chi connectivity index (χ1) is 11.1. The zero-order valence-corrected chi connectivity index (χ0v) is 16.4. The molecule has 7 nitrogen and oxygen atoms in total. The van der Waals surface area contributed by atoms with Crippen molar-refractivity contribution in [2.45, 2.75) is 20.0 Å². The van der Waals surface area contributed by atoms with Gasteiger partial charge < -0.3 is 24.4 Å². The Morgan fingerprint density at radius 2 is 2.04 bits per heavy atom. The van der Waals surface area contributed by atoms with Gasteiger partial charge >= 0.3 is 5.97 Å². The molecule has 2 aromatic rings. The van der Waals surface area contributed by atoms with E-state index in [0.29, 0.717) is 29.6 Å². The Morgan fingerprint density at radius 1 is 1.33 bits per heavy atom. The average Bonchev–Trinajstić information content (AvgIpc) is 3.19. The van der Waals surface area contributed by atoms with Gasteiger partial charge in [-0.15, -0.1) is 24.0 Å². The second-order valence-electron chi connectivity index (χ2n) is 4.95. The minimum atomic E-state index is -0.397. The van der Waals surface area contributed by atoms with Gasteiger partial charge in [-0.2, -0.15) is 0 Å². The number of ether oxygens (including phenoxy) is 1. The second-order valence-corrected chi connectivity index (χ2v) is 4.95. The molecule has 132 valence electrons. The molecule has 2 heterocycles. The maximum Gasteiger partial charge on any atom is 0.341 e. The molecule has 0 amide bonds. The third-order valence-electron chi connectivity index (χ3n) is 3.36. The Hall–Kier alpha value is -1.97. The molecule has 0 fully saturated rings. The van der Waals surface area contributed by atoms with Gasteiger partial charge in [-0.05, 0) is 25.1 Å². The van der Waals surface area contributed by atoms with Crippen LogP contribution < -0.4 is 10.6 Å². The van der Waals surface area contributed by atoms with Gasteiger partial charge in [0.2, 0.25) is 0 Å². The lowest BCUT2D eigenvalue weighted by atomic mass is 10.2. The number of nitrogens with one attached hydrogen (secondary N) is 2. The van der Waals surface area contributed by atoms with Gasteiger partial charge in [0.05, 0.1) is 13.7 Å². The van der Waals surface area contributed by atoms with E-state index in [1.165, 1.54) is 7.11 Å². The van der Waals surface area contributed by atoms with Crippen LogP contribution in [0.2, 0.25) is 0 Å². The molecule has 2 N–H and O–H groups in total. The van der Waals surface area contributed by atoms with Crippen LogP contribution in [0, 0.1) is 6.92 Å². The highest BCUT2D eigenvalue weighted by Gasteiger charge is 2.15. The number of aryl methyl sites for hydroxylation is 1. The third-order valence-corrected chi connectivity index (χ3v) is 3.36. The number of rotatable bonds is 6. The molecule has 2 rings (SSSR count). The second kappa shape index (κ2) is 10.0. The number of halogens is 1. The monoisotopic (exact) mass is 446 g/mol. The van der Waals surface area contributed by atoms with E-state index >= 15 is 0 Å². The number of nitrogens with zero attached hydrogens (tertiary/aromatic N) is 2. The molecule has 24 heavy (non-hydrogen) atoms. The Bertz CT molecular complexity index is 665. The van der Waals surface area contributed by atoms with E-state index in [9.17, 15) is 4.79 Å². The molecular formula is C16H23IN4O3. The summed E-state index contributed by atoms with van der Waals surface area (Å²) in [4.78, 5) is 15.7. The van der Waals surface area contributed by atoms with Gasteiger partial charge in [0.15, 0.2) is 5.96 Å². The number of carbonyl (C=O) groups is 1. The van der Waals surface area contributed by atoms with Crippen molar-refractivity contribution in [1.82, 2.24) is 15.2 Å². The van der Waals surface area contributed by atoms with Crippen molar-refractivity contribution >= 4 is 35.9 Å². The predicted octanol–water partition coefficient (Wildman–Crippen LogP) is 2.16. The number of esters is 1. The summed E-state index contributed by atoms with van der Waals surface area (Å²) in [5.41, 5.74) is 0.444. The quantitative estimate of drug-likeness (QED) is 0.308. The Kier molecular flexibility index (Phi) is 8.37. The number of carbonyl (C=O) groups excluding carboxylic acids is 1. The van der Waals surface area contributed by atoms with Crippen LogP contribution in [0.3, 0.4) is 0 Å². The lowest BCUT2D eigenvalue weighted by Crippen LogP contribution is -2.38. The fraction of sp³-hybridized carbons (Fsp3) is 0.375. The fourth-order valence-corrected chi connectivity index (χ4v) is 2.16. The SMILES string of the molecule is CN=C(NCCn1cccc1)NCc1cc(C(=O)OC)c(C)o1.I. The van der Waals surface area contributed by atoms with Gasteiger partial charge in [-0.25, -0.2) is 4.79 Å². The van der Waals surface area contributed by atoms with Crippen molar-refractivity contribution in [3.63, 3.8) is 0 Å². The fourth-order valence-electron chi connectivity index (χ4n) is 2.16. The number of furan rings is 1. The molecule has 0 spiro atoms. The summed E-state index contributed by atoms with van der Waals surface area (Å²) in [7, 11) is 3.06. The van der Waals surface area contributed by atoms with Crippen LogP contribution in [-0.4, -0.2) is 37.2 Å². The Labute approximate surface area is 158 Å². The van der Waals surface area contributed by atoms with E-state index in [-0.39, 0.29) is 24.0 Å². The van der Waals surface area contributed by atoms with Crippen molar-refractivity contribution in [2.75, 3.05) is 20.7 Å². The highest BCUT2D eigenvalue weighted by atomic mass is 127. The molecule has 0 atom stereocenters. The highest BCUT2D eigenvalue weighted by molar-refractivity contribution is 14.0. The van der Waals surface area contributed by atoms with Crippen LogP contribution in [0.25, 0.3) is 0 Å². The van der Waals surface area contributed by atoms with Crippen LogP contribution in [0.1, 0.15) is 21.9 Å². The first kappa shape index (κ1) is 20.1. The first-order valence-electron chi connectivity index (χ1n) is 7.37. The van der Waals surface area contributed by atoms with Crippen LogP contribution in [-0.2, 0) is 17.8 Å². The molecule has 0 aliphatic rings. The normalized spacial score (nSPS) is 10.9. The molecule has 0 unspecified atom stereocenters. The van der Waals surface area contributed by atoms with E-state index in [0.717, 1.165) is 13.1 Å². The van der Waals surface area contributed by atoms with Crippen molar-refractivity contribution in [3.05, 3.63) is 47.7 Å².